The average Bonchev–Trinajstić information content (AvgIpc) is 1.86. The highest BCUT2D eigenvalue weighted by atomic mass is 14.4. The lowest BCUT2D eigenvalue weighted by molar-refractivity contribution is 0.282. The van der Waals surface area contributed by atoms with Crippen molar-refractivity contribution in [2.24, 2.45) is 11.3 Å². The summed E-state index contributed by atoms with van der Waals surface area (Å²) in [6.45, 7) is 7.03. The van der Waals surface area contributed by atoms with E-state index in [1.54, 1.807) is 0 Å². The van der Waals surface area contributed by atoms with Crippen molar-refractivity contribution < 1.29 is 0 Å². The van der Waals surface area contributed by atoms with Crippen LogP contribution in [0.4, 0.5) is 0 Å². The second-order valence-electron chi connectivity index (χ2n) is 3.62. The minimum Gasteiger partial charge on any atom is -0.0620 e. The molecule has 0 aromatic rings. The normalized spacial score (nSPS) is 35.6. The molecule has 0 amide bonds. The first-order valence-corrected chi connectivity index (χ1v) is 3.44. The van der Waals surface area contributed by atoms with Gasteiger partial charge in [0.1, 0.15) is 0 Å². The van der Waals surface area contributed by atoms with Crippen LogP contribution in [0.5, 0.6) is 0 Å². The Bertz CT molecular complexity index is 82.0. The summed E-state index contributed by atoms with van der Waals surface area (Å²) in [6.07, 6.45) is 5.05. The molecule has 0 aliphatic heterocycles. The van der Waals surface area contributed by atoms with E-state index >= 15 is 0 Å². The monoisotopic (exact) mass is 111 g/mol. The molecule has 0 aromatic carbocycles. The second kappa shape index (κ2) is 1.75. The molecule has 1 aliphatic rings. The Kier molecular flexibility index (Phi) is 1.34. The van der Waals surface area contributed by atoms with E-state index in [-0.39, 0.29) is 0 Å². The molecule has 0 spiro atoms. The van der Waals surface area contributed by atoms with Crippen molar-refractivity contribution in [3.05, 3.63) is 6.42 Å². The fourth-order valence-electron chi connectivity index (χ4n) is 1.23. The van der Waals surface area contributed by atoms with Crippen LogP contribution >= 0.6 is 0 Å². The van der Waals surface area contributed by atoms with Crippen LogP contribution < -0.4 is 0 Å². The van der Waals surface area contributed by atoms with Crippen LogP contribution in [0.3, 0.4) is 0 Å². The van der Waals surface area contributed by atoms with Gasteiger partial charge in [0.25, 0.3) is 0 Å². The summed E-state index contributed by atoms with van der Waals surface area (Å²) in [5, 5.41) is 0. The topological polar surface area (TPSA) is 0 Å². The third kappa shape index (κ3) is 0.888. The SMILES string of the molecule is CC1C[CH]CC1(C)C. The van der Waals surface area contributed by atoms with Gasteiger partial charge in [0, 0.05) is 0 Å². The van der Waals surface area contributed by atoms with Crippen molar-refractivity contribution in [2.75, 3.05) is 0 Å². The number of hydrogen-bond acceptors (Lipinski definition) is 0. The minimum absolute atomic E-state index is 0.597. The largest absolute Gasteiger partial charge is 0.0620 e. The van der Waals surface area contributed by atoms with Gasteiger partial charge in [-0.05, 0) is 30.6 Å². The Balaban J connectivity index is 2.54. The molecule has 0 N–H and O–H groups in total. The van der Waals surface area contributed by atoms with Gasteiger partial charge in [-0.25, -0.2) is 0 Å². The Morgan fingerprint density at radius 2 is 2.12 bits per heavy atom. The highest BCUT2D eigenvalue weighted by Gasteiger charge is 2.30. The summed E-state index contributed by atoms with van der Waals surface area (Å²) in [5.41, 5.74) is 0.597. The van der Waals surface area contributed by atoms with Crippen LogP contribution in [-0.4, -0.2) is 0 Å². The van der Waals surface area contributed by atoms with Gasteiger partial charge < -0.3 is 0 Å². The molecule has 1 aliphatic carbocycles. The van der Waals surface area contributed by atoms with E-state index in [0.717, 1.165) is 5.92 Å². The van der Waals surface area contributed by atoms with E-state index in [2.05, 4.69) is 27.2 Å². The molecule has 0 nitrogen and oxygen atoms in total. The highest BCUT2D eigenvalue weighted by molar-refractivity contribution is 4.91. The Morgan fingerprint density at radius 1 is 1.50 bits per heavy atom. The van der Waals surface area contributed by atoms with Gasteiger partial charge in [-0.1, -0.05) is 20.8 Å². The van der Waals surface area contributed by atoms with Crippen molar-refractivity contribution in [1.29, 1.82) is 0 Å². The molecular weight excluding hydrogens is 96.1 g/mol. The maximum absolute atomic E-state index is 2.41. The molecule has 0 saturated heterocycles. The van der Waals surface area contributed by atoms with Crippen molar-refractivity contribution in [2.45, 2.75) is 33.6 Å². The molecule has 1 unspecified atom stereocenters. The number of hydrogen-bond donors (Lipinski definition) is 0. The van der Waals surface area contributed by atoms with E-state index in [9.17, 15) is 0 Å². The fraction of sp³-hybridized carbons (Fsp3) is 0.875. The molecule has 0 heteroatoms. The molecule has 1 atom stereocenters. The maximum atomic E-state index is 2.41. The van der Waals surface area contributed by atoms with Gasteiger partial charge in [0.15, 0.2) is 0 Å². The smallest absolute Gasteiger partial charge is 0.0326 e. The van der Waals surface area contributed by atoms with E-state index in [4.69, 9.17) is 0 Å². The van der Waals surface area contributed by atoms with E-state index < -0.39 is 0 Å². The third-order valence-electron chi connectivity index (χ3n) is 2.52. The Labute approximate surface area is 52.3 Å². The predicted molar refractivity (Wildman–Crippen MR) is 36.5 cm³/mol. The summed E-state index contributed by atoms with van der Waals surface area (Å²) >= 11 is 0. The zero-order chi connectivity index (χ0) is 6.20. The molecule has 0 aromatic heterocycles. The maximum Gasteiger partial charge on any atom is -0.0326 e. The van der Waals surface area contributed by atoms with Crippen LogP contribution in [-0.2, 0) is 0 Å². The highest BCUT2D eigenvalue weighted by Crippen LogP contribution is 2.41. The lowest BCUT2D eigenvalue weighted by Gasteiger charge is -2.22. The predicted octanol–water partition coefficient (Wildman–Crippen LogP) is 2.65. The summed E-state index contributed by atoms with van der Waals surface area (Å²) in [6, 6.07) is 0. The van der Waals surface area contributed by atoms with Crippen LogP contribution in [0, 0.1) is 17.8 Å². The van der Waals surface area contributed by atoms with Crippen LogP contribution in [0.15, 0.2) is 0 Å². The molecule has 0 bridgehead atoms. The van der Waals surface area contributed by atoms with Crippen LogP contribution in [0.1, 0.15) is 33.6 Å². The van der Waals surface area contributed by atoms with Gasteiger partial charge in [-0.2, -0.15) is 0 Å². The van der Waals surface area contributed by atoms with Gasteiger partial charge in [0.05, 0.1) is 0 Å². The molecule has 1 rings (SSSR count). The molecule has 0 heterocycles. The summed E-state index contributed by atoms with van der Waals surface area (Å²) in [7, 11) is 0. The van der Waals surface area contributed by atoms with E-state index in [1.807, 2.05) is 0 Å². The Hall–Kier alpha value is 0. The van der Waals surface area contributed by atoms with Crippen molar-refractivity contribution in [1.82, 2.24) is 0 Å². The molecule has 1 saturated carbocycles. The zero-order valence-corrected chi connectivity index (χ0v) is 6.07. The van der Waals surface area contributed by atoms with Crippen LogP contribution in [0.2, 0.25) is 0 Å². The summed E-state index contributed by atoms with van der Waals surface area (Å²) < 4.78 is 0. The van der Waals surface area contributed by atoms with Crippen molar-refractivity contribution in [3.8, 4) is 0 Å². The van der Waals surface area contributed by atoms with Gasteiger partial charge >= 0.3 is 0 Å². The lowest BCUT2D eigenvalue weighted by atomic mass is 9.83. The van der Waals surface area contributed by atoms with Crippen molar-refractivity contribution in [3.63, 3.8) is 0 Å². The molecule has 47 valence electrons. The first-order chi connectivity index (χ1) is 3.63. The third-order valence-corrected chi connectivity index (χ3v) is 2.52. The fourth-order valence-corrected chi connectivity index (χ4v) is 1.23. The van der Waals surface area contributed by atoms with Crippen LogP contribution in [0.25, 0.3) is 0 Å². The summed E-state index contributed by atoms with van der Waals surface area (Å²) in [5.74, 6) is 0.905. The van der Waals surface area contributed by atoms with E-state index in [1.165, 1.54) is 12.8 Å². The van der Waals surface area contributed by atoms with Gasteiger partial charge in [0.2, 0.25) is 0 Å². The molecule has 1 fully saturated rings. The first kappa shape index (κ1) is 6.12. The summed E-state index contributed by atoms with van der Waals surface area (Å²) in [4.78, 5) is 0. The standard InChI is InChI=1S/C8H15/c1-7-5-4-6-8(7,2)3/h4,7H,5-6H2,1-3H3. The molecule has 1 radical (unpaired) electrons. The lowest BCUT2D eigenvalue weighted by Crippen LogP contribution is -2.13. The van der Waals surface area contributed by atoms with Gasteiger partial charge in [-0.3, -0.25) is 0 Å². The quantitative estimate of drug-likeness (QED) is 0.451. The molecular formula is C8H15. The minimum atomic E-state index is 0.597. The van der Waals surface area contributed by atoms with Crippen molar-refractivity contribution >= 4 is 0 Å². The number of rotatable bonds is 0. The zero-order valence-electron chi connectivity index (χ0n) is 6.07. The molecule has 8 heavy (non-hydrogen) atoms. The average molecular weight is 111 g/mol. The Morgan fingerprint density at radius 3 is 2.25 bits per heavy atom. The van der Waals surface area contributed by atoms with Gasteiger partial charge in [-0.15, -0.1) is 0 Å². The second-order valence-corrected chi connectivity index (χ2v) is 3.62. The first-order valence-electron chi connectivity index (χ1n) is 3.44. The van der Waals surface area contributed by atoms with E-state index in [0.29, 0.717) is 5.41 Å².